The molecule has 0 radical (unpaired) electrons. The lowest BCUT2D eigenvalue weighted by Crippen LogP contribution is -2.25. The van der Waals surface area contributed by atoms with E-state index in [4.69, 9.17) is 5.73 Å². The average Bonchev–Trinajstić information content (AvgIpc) is 1.97. The van der Waals surface area contributed by atoms with E-state index in [0.29, 0.717) is 19.5 Å². The monoisotopic (exact) mass is 208 g/mol. The number of hydrogen-bond donors (Lipinski definition) is 2. The number of halogens is 1. The minimum Gasteiger partial charge on any atom is -0.355 e. The van der Waals surface area contributed by atoms with E-state index in [1.54, 1.807) is 0 Å². The predicted molar refractivity (Wildman–Crippen MR) is 45.1 cm³/mol. The molecule has 0 aliphatic carbocycles. The normalized spacial score (nSPS) is 9.40. The predicted octanol–water partition coefficient (Wildman–Crippen LogP) is 0.236. The van der Waals surface area contributed by atoms with Crippen LogP contribution in [0.25, 0.3) is 0 Å². The second kappa shape index (κ2) is 7.02. The second-order valence-electron chi connectivity index (χ2n) is 1.93. The van der Waals surface area contributed by atoms with Crippen LogP contribution in [-0.4, -0.2) is 24.3 Å². The maximum absolute atomic E-state index is 10.8. The second-order valence-corrected chi connectivity index (χ2v) is 2.72. The highest BCUT2D eigenvalue weighted by molar-refractivity contribution is 9.09. The molecule has 0 aromatic carbocycles. The van der Waals surface area contributed by atoms with Crippen LogP contribution in [0.5, 0.6) is 0 Å². The fourth-order valence-electron chi connectivity index (χ4n) is 0.538. The zero-order chi connectivity index (χ0) is 7.82. The van der Waals surface area contributed by atoms with Crippen molar-refractivity contribution in [2.75, 3.05) is 18.4 Å². The lowest BCUT2D eigenvalue weighted by Gasteiger charge is -2.00. The van der Waals surface area contributed by atoms with E-state index >= 15 is 0 Å². The Balaban J connectivity index is 3.09. The number of hydrogen-bond acceptors (Lipinski definition) is 2. The quantitative estimate of drug-likeness (QED) is 0.637. The molecule has 0 heterocycles. The van der Waals surface area contributed by atoms with Gasteiger partial charge in [0.15, 0.2) is 0 Å². The first kappa shape index (κ1) is 9.91. The molecule has 0 atom stereocenters. The van der Waals surface area contributed by atoms with Crippen molar-refractivity contribution in [3.8, 4) is 0 Å². The molecule has 0 aliphatic heterocycles. The van der Waals surface area contributed by atoms with Gasteiger partial charge in [-0.1, -0.05) is 15.9 Å². The number of alkyl halides is 1. The zero-order valence-corrected chi connectivity index (χ0v) is 7.49. The molecular weight excluding hydrogens is 196 g/mol. The molecule has 0 saturated heterocycles. The summed E-state index contributed by atoms with van der Waals surface area (Å²) in [5, 5.41) is 3.53. The Morgan fingerprint density at radius 3 is 2.80 bits per heavy atom. The van der Waals surface area contributed by atoms with Crippen LogP contribution in [0, 0.1) is 0 Å². The van der Waals surface area contributed by atoms with Crippen LogP contribution in [0.4, 0.5) is 0 Å². The van der Waals surface area contributed by atoms with E-state index in [9.17, 15) is 4.79 Å². The molecule has 0 rings (SSSR count). The minimum atomic E-state index is 0.0879. The van der Waals surface area contributed by atoms with Crippen molar-refractivity contribution in [2.24, 2.45) is 5.73 Å². The molecule has 60 valence electrons. The first-order valence-electron chi connectivity index (χ1n) is 3.34. The molecule has 0 aromatic rings. The van der Waals surface area contributed by atoms with Gasteiger partial charge in [-0.3, -0.25) is 4.79 Å². The van der Waals surface area contributed by atoms with Crippen molar-refractivity contribution in [3.05, 3.63) is 0 Å². The van der Waals surface area contributed by atoms with E-state index < -0.39 is 0 Å². The van der Waals surface area contributed by atoms with Gasteiger partial charge in [0.25, 0.3) is 0 Å². The van der Waals surface area contributed by atoms with Crippen molar-refractivity contribution >= 4 is 21.8 Å². The maximum Gasteiger partial charge on any atom is 0.220 e. The molecular formula is C6H13BrN2O. The van der Waals surface area contributed by atoms with Crippen molar-refractivity contribution in [1.82, 2.24) is 5.32 Å². The van der Waals surface area contributed by atoms with Crippen molar-refractivity contribution in [1.29, 1.82) is 0 Å². The number of carbonyl (C=O) groups excluding carboxylic acids is 1. The zero-order valence-electron chi connectivity index (χ0n) is 5.90. The summed E-state index contributed by atoms with van der Waals surface area (Å²) in [6.07, 6.45) is 1.32. The molecule has 0 aromatic heterocycles. The van der Waals surface area contributed by atoms with Crippen LogP contribution in [0.2, 0.25) is 0 Å². The molecule has 0 fully saturated rings. The molecule has 0 aliphatic rings. The van der Waals surface area contributed by atoms with E-state index in [1.165, 1.54) is 0 Å². The van der Waals surface area contributed by atoms with Crippen LogP contribution in [0.15, 0.2) is 0 Å². The fraction of sp³-hybridized carbons (Fsp3) is 0.833. The Hall–Kier alpha value is -0.0900. The van der Waals surface area contributed by atoms with Crippen molar-refractivity contribution in [3.63, 3.8) is 0 Å². The first-order chi connectivity index (χ1) is 4.81. The largest absolute Gasteiger partial charge is 0.355 e. The van der Waals surface area contributed by atoms with Crippen molar-refractivity contribution < 1.29 is 4.79 Å². The topological polar surface area (TPSA) is 55.1 Å². The Morgan fingerprint density at radius 2 is 2.30 bits per heavy atom. The average molecular weight is 209 g/mol. The van der Waals surface area contributed by atoms with Gasteiger partial charge in [0.1, 0.15) is 0 Å². The number of rotatable bonds is 5. The Kier molecular flexibility index (Phi) is 6.96. The van der Waals surface area contributed by atoms with Crippen LogP contribution in [-0.2, 0) is 4.79 Å². The third-order valence-electron chi connectivity index (χ3n) is 1.02. The minimum absolute atomic E-state index is 0.0879. The maximum atomic E-state index is 10.8. The van der Waals surface area contributed by atoms with Crippen molar-refractivity contribution in [2.45, 2.75) is 12.8 Å². The van der Waals surface area contributed by atoms with Crippen LogP contribution < -0.4 is 11.1 Å². The molecule has 0 unspecified atom stereocenters. The van der Waals surface area contributed by atoms with Gasteiger partial charge in [0.05, 0.1) is 0 Å². The number of nitrogens with two attached hydrogens (primary N) is 1. The van der Waals surface area contributed by atoms with Gasteiger partial charge in [0, 0.05) is 18.3 Å². The van der Waals surface area contributed by atoms with E-state index in [0.717, 1.165) is 11.8 Å². The summed E-state index contributed by atoms with van der Waals surface area (Å²) in [6, 6.07) is 0. The van der Waals surface area contributed by atoms with E-state index in [2.05, 4.69) is 21.2 Å². The summed E-state index contributed by atoms with van der Waals surface area (Å²) in [7, 11) is 0. The Labute approximate surface area is 69.5 Å². The molecule has 3 N–H and O–H groups in total. The third-order valence-corrected chi connectivity index (χ3v) is 1.42. The van der Waals surface area contributed by atoms with Gasteiger partial charge in [-0.05, 0) is 13.0 Å². The summed E-state index contributed by atoms with van der Waals surface area (Å²) in [4.78, 5) is 10.8. The summed E-state index contributed by atoms with van der Waals surface area (Å²) >= 11 is 3.21. The number of carbonyl (C=O) groups is 1. The highest BCUT2D eigenvalue weighted by Crippen LogP contribution is 1.85. The number of amides is 1. The van der Waals surface area contributed by atoms with Gasteiger partial charge in [-0.15, -0.1) is 0 Å². The van der Waals surface area contributed by atoms with Gasteiger partial charge in [-0.2, -0.15) is 0 Å². The summed E-state index contributed by atoms with van der Waals surface area (Å²) in [5.74, 6) is 0.0879. The third kappa shape index (κ3) is 6.04. The lowest BCUT2D eigenvalue weighted by atomic mass is 10.3. The molecule has 4 heteroatoms. The van der Waals surface area contributed by atoms with E-state index in [1.807, 2.05) is 0 Å². The van der Waals surface area contributed by atoms with Gasteiger partial charge in [-0.25, -0.2) is 0 Å². The highest BCUT2D eigenvalue weighted by atomic mass is 79.9. The Bertz CT molecular complexity index is 87.7. The molecule has 0 saturated carbocycles. The molecule has 3 nitrogen and oxygen atoms in total. The van der Waals surface area contributed by atoms with Crippen LogP contribution >= 0.6 is 15.9 Å². The molecule has 1 amide bonds. The number of nitrogens with one attached hydrogen (secondary N) is 1. The van der Waals surface area contributed by atoms with E-state index in [-0.39, 0.29) is 5.91 Å². The van der Waals surface area contributed by atoms with Crippen LogP contribution in [0.1, 0.15) is 12.8 Å². The van der Waals surface area contributed by atoms with Gasteiger partial charge >= 0.3 is 0 Å². The smallest absolute Gasteiger partial charge is 0.220 e. The fourth-order valence-corrected chi connectivity index (χ4v) is 0.736. The summed E-state index contributed by atoms with van der Waals surface area (Å²) in [6.45, 7) is 1.28. The van der Waals surface area contributed by atoms with Gasteiger partial charge < -0.3 is 11.1 Å². The lowest BCUT2D eigenvalue weighted by molar-refractivity contribution is -0.121. The van der Waals surface area contributed by atoms with Crippen LogP contribution in [0.3, 0.4) is 0 Å². The Morgan fingerprint density at radius 1 is 1.60 bits per heavy atom. The standard InChI is InChI=1S/C6H13BrN2O/c7-3-5-9-6(10)2-1-4-8/h1-5,8H2,(H,9,10). The molecule has 0 bridgehead atoms. The molecule has 10 heavy (non-hydrogen) atoms. The highest BCUT2D eigenvalue weighted by Gasteiger charge is 1.96. The summed E-state index contributed by atoms with van der Waals surface area (Å²) < 4.78 is 0. The first-order valence-corrected chi connectivity index (χ1v) is 4.46. The molecule has 0 spiro atoms. The SMILES string of the molecule is NCCCC(=O)NCCBr. The van der Waals surface area contributed by atoms with Gasteiger partial charge in [0.2, 0.25) is 5.91 Å². The summed E-state index contributed by atoms with van der Waals surface area (Å²) in [5.41, 5.74) is 5.22.